The van der Waals surface area contributed by atoms with Gasteiger partial charge < -0.3 is 9.84 Å². The minimum Gasteiger partial charge on any atom is -0.493 e. The van der Waals surface area contributed by atoms with E-state index in [4.69, 9.17) is 9.84 Å². The molecule has 0 aliphatic carbocycles. The van der Waals surface area contributed by atoms with Crippen LogP contribution in [-0.2, 0) is 0 Å². The van der Waals surface area contributed by atoms with Crippen molar-refractivity contribution in [1.82, 2.24) is 0 Å². The zero-order chi connectivity index (χ0) is 13.7. The molecule has 0 aliphatic rings. The predicted molar refractivity (Wildman–Crippen MR) is 75.2 cm³/mol. The zero-order valence-electron chi connectivity index (χ0n) is 10.9. The molecule has 0 saturated carbocycles. The number of ether oxygens (including phenoxy) is 1. The van der Waals surface area contributed by atoms with Gasteiger partial charge in [0.05, 0.1) is 12.2 Å². The molecular weight excluding hydrogens is 296 g/mol. The molecule has 0 aliphatic heterocycles. The number of aromatic carboxylic acids is 1. The van der Waals surface area contributed by atoms with Crippen molar-refractivity contribution in [3.05, 3.63) is 28.2 Å². The second kappa shape index (κ2) is 6.78. The first-order chi connectivity index (χ1) is 8.40. The van der Waals surface area contributed by atoms with Crippen LogP contribution < -0.4 is 4.74 Å². The largest absolute Gasteiger partial charge is 0.493 e. The molecule has 1 aromatic carbocycles. The lowest BCUT2D eigenvalue weighted by molar-refractivity contribution is 0.0695. The molecule has 0 heterocycles. The highest BCUT2D eigenvalue weighted by molar-refractivity contribution is 9.10. The fraction of sp³-hybridized carbons (Fsp3) is 0.500. The second-order valence-corrected chi connectivity index (χ2v) is 5.85. The van der Waals surface area contributed by atoms with E-state index in [9.17, 15) is 4.79 Å². The molecule has 1 atom stereocenters. The maximum atomic E-state index is 11.0. The minimum atomic E-state index is -0.956. The van der Waals surface area contributed by atoms with Crippen LogP contribution in [-0.4, -0.2) is 17.7 Å². The van der Waals surface area contributed by atoms with Crippen LogP contribution in [0.1, 0.15) is 37.6 Å². The van der Waals surface area contributed by atoms with E-state index in [0.717, 1.165) is 6.42 Å². The van der Waals surface area contributed by atoms with Gasteiger partial charge in [-0.2, -0.15) is 0 Å². The number of rotatable bonds is 6. The standard InChI is InChI=1S/C14H19BrO3/c1-9(2)6-10(3)8-18-11-4-5-13(15)12(7-11)14(16)17/h4-5,7,9-10H,6,8H2,1-3H3,(H,16,17). The summed E-state index contributed by atoms with van der Waals surface area (Å²) in [5.41, 5.74) is 0.226. The minimum absolute atomic E-state index is 0.226. The summed E-state index contributed by atoms with van der Waals surface area (Å²) in [6.07, 6.45) is 1.10. The van der Waals surface area contributed by atoms with Crippen LogP contribution in [0, 0.1) is 11.8 Å². The number of carboxylic acids is 1. The Morgan fingerprint density at radius 3 is 2.61 bits per heavy atom. The summed E-state index contributed by atoms with van der Waals surface area (Å²) in [4.78, 5) is 11.0. The first-order valence-electron chi connectivity index (χ1n) is 6.05. The van der Waals surface area contributed by atoms with Crippen molar-refractivity contribution in [1.29, 1.82) is 0 Å². The third-order valence-electron chi connectivity index (χ3n) is 2.58. The fourth-order valence-corrected chi connectivity index (χ4v) is 2.29. The van der Waals surface area contributed by atoms with Crippen LogP contribution in [0.4, 0.5) is 0 Å². The smallest absolute Gasteiger partial charge is 0.336 e. The van der Waals surface area contributed by atoms with Gasteiger partial charge in [0.1, 0.15) is 5.75 Å². The summed E-state index contributed by atoms with van der Waals surface area (Å²) in [7, 11) is 0. The summed E-state index contributed by atoms with van der Waals surface area (Å²) in [5.74, 6) is 0.749. The van der Waals surface area contributed by atoms with E-state index >= 15 is 0 Å². The molecule has 4 heteroatoms. The molecule has 1 N–H and O–H groups in total. The van der Waals surface area contributed by atoms with Gasteiger partial charge in [-0.15, -0.1) is 0 Å². The van der Waals surface area contributed by atoms with Gasteiger partial charge in [-0.25, -0.2) is 4.79 Å². The monoisotopic (exact) mass is 314 g/mol. The average molecular weight is 315 g/mol. The number of hydrogen-bond donors (Lipinski definition) is 1. The van der Waals surface area contributed by atoms with E-state index in [1.54, 1.807) is 18.2 Å². The van der Waals surface area contributed by atoms with Crippen LogP contribution in [0.2, 0.25) is 0 Å². The normalized spacial score (nSPS) is 12.5. The molecule has 1 rings (SSSR count). The van der Waals surface area contributed by atoms with Gasteiger partial charge in [-0.05, 0) is 52.4 Å². The van der Waals surface area contributed by atoms with Gasteiger partial charge in [0.25, 0.3) is 0 Å². The number of halogens is 1. The third-order valence-corrected chi connectivity index (χ3v) is 3.27. The number of benzene rings is 1. The Morgan fingerprint density at radius 2 is 2.06 bits per heavy atom. The quantitative estimate of drug-likeness (QED) is 0.855. The van der Waals surface area contributed by atoms with Gasteiger partial charge in [0, 0.05) is 4.47 Å². The van der Waals surface area contributed by atoms with Crippen molar-refractivity contribution in [2.45, 2.75) is 27.2 Å². The number of hydrogen-bond acceptors (Lipinski definition) is 2. The van der Waals surface area contributed by atoms with Crippen molar-refractivity contribution >= 4 is 21.9 Å². The van der Waals surface area contributed by atoms with Crippen molar-refractivity contribution in [2.75, 3.05) is 6.61 Å². The number of carboxylic acid groups (broad SMARTS) is 1. The average Bonchev–Trinajstić information content (AvgIpc) is 2.26. The van der Waals surface area contributed by atoms with Crippen molar-refractivity contribution in [3.8, 4) is 5.75 Å². The van der Waals surface area contributed by atoms with Gasteiger partial charge in [0.15, 0.2) is 0 Å². The SMILES string of the molecule is CC(C)CC(C)COc1ccc(Br)c(C(=O)O)c1. The van der Waals surface area contributed by atoms with E-state index in [2.05, 4.69) is 36.7 Å². The van der Waals surface area contributed by atoms with Crippen LogP contribution in [0.5, 0.6) is 5.75 Å². The summed E-state index contributed by atoms with van der Waals surface area (Å²) in [6.45, 7) is 7.10. The molecule has 0 saturated heterocycles. The lowest BCUT2D eigenvalue weighted by atomic mass is 10.00. The van der Waals surface area contributed by atoms with E-state index in [1.807, 2.05) is 0 Å². The Bertz CT molecular complexity index is 416. The Balaban J connectivity index is 2.63. The topological polar surface area (TPSA) is 46.5 Å². The molecule has 0 amide bonds. The van der Waals surface area contributed by atoms with E-state index in [0.29, 0.717) is 28.7 Å². The van der Waals surface area contributed by atoms with Gasteiger partial charge in [0.2, 0.25) is 0 Å². The Morgan fingerprint density at radius 1 is 1.39 bits per heavy atom. The Labute approximate surface area is 116 Å². The van der Waals surface area contributed by atoms with Crippen molar-refractivity contribution < 1.29 is 14.6 Å². The van der Waals surface area contributed by atoms with Crippen molar-refractivity contribution in [2.24, 2.45) is 11.8 Å². The molecular formula is C14H19BrO3. The predicted octanol–water partition coefficient (Wildman–Crippen LogP) is 4.21. The molecule has 0 radical (unpaired) electrons. The van der Waals surface area contributed by atoms with E-state index < -0.39 is 5.97 Å². The Hall–Kier alpha value is -1.03. The van der Waals surface area contributed by atoms with E-state index in [1.165, 1.54) is 0 Å². The van der Waals surface area contributed by atoms with E-state index in [-0.39, 0.29) is 5.56 Å². The maximum Gasteiger partial charge on any atom is 0.336 e. The van der Waals surface area contributed by atoms with Gasteiger partial charge in [-0.3, -0.25) is 0 Å². The zero-order valence-corrected chi connectivity index (χ0v) is 12.5. The molecule has 0 bridgehead atoms. The van der Waals surface area contributed by atoms with Gasteiger partial charge >= 0.3 is 5.97 Å². The molecule has 3 nitrogen and oxygen atoms in total. The molecule has 1 aromatic rings. The summed E-state index contributed by atoms with van der Waals surface area (Å²) in [6, 6.07) is 5.03. The summed E-state index contributed by atoms with van der Waals surface area (Å²) >= 11 is 3.21. The molecule has 0 aromatic heterocycles. The lowest BCUT2D eigenvalue weighted by Gasteiger charge is -2.15. The highest BCUT2D eigenvalue weighted by atomic mass is 79.9. The molecule has 18 heavy (non-hydrogen) atoms. The van der Waals surface area contributed by atoms with Crippen molar-refractivity contribution in [3.63, 3.8) is 0 Å². The summed E-state index contributed by atoms with van der Waals surface area (Å²) in [5, 5.41) is 9.00. The maximum absolute atomic E-state index is 11.0. The fourth-order valence-electron chi connectivity index (χ4n) is 1.87. The molecule has 100 valence electrons. The number of carbonyl (C=O) groups is 1. The highest BCUT2D eigenvalue weighted by Gasteiger charge is 2.11. The van der Waals surface area contributed by atoms with Crippen LogP contribution in [0.25, 0.3) is 0 Å². The first-order valence-corrected chi connectivity index (χ1v) is 6.85. The molecule has 0 fully saturated rings. The van der Waals surface area contributed by atoms with Crippen LogP contribution in [0.15, 0.2) is 22.7 Å². The second-order valence-electron chi connectivity index (χ2n) is 4.99. The highest BCUT2D eigenvalue weighted by Crippen LogP contribution is 2.23. The van der Waals surface area contributed by atoms with Crippen LogP contribution in [0.3, 0.4) is 0 Å². The first kappa shape index (κ1) is 15.0. The van der Waals surface area contributed by atoms with Gasteiger partial charge in [-0.1, -0.05) is 20.8 Å². The van der Waals surface area contributed by atoms with Crippen LogP contribution >= 0.6 is 15.9 Å². The molecule has 0 spiro atoms. The Kier molecular flexibility index (Phi) is 5.66. The summed E-state index contributed by atoms with van der Waals surface area (Å²) < 4.78 is 6.20. The lowest BCUT2D eigenvalue weighted by Crippen LogP contribution is -2.11. The third kappa shape index (κ3) is 4.69. The molecule has 1 unspecified atom stereocenters.